The highest BCUT2D eigenvalue weighted by molar-refractivity contribution is 5.90. The van der Waals surface area contributed by atoms with Gasteiger partial charge >= 0.3 is 23.9 Å². The Bertz CT molecular complexity index is 748. The highest BCUT2D eigenvalue weighted by atomic mass is 16.5. The molecular weight excluding hydrogens is 476 g/mol. The van der Waals surface area contributed by atoms with Crippen LogP contribution in [0.4, 0.5) is 0 Å². The molecule has 1 fully saturated rings. The van der Waals surface area contributed by atoms with Gasteiger partial charge in [0.15, 0.2) is 0 Å². The Hall–Kier alpha value is -2.38. The van der Waals surface area contributed by atoms with Crippen molar-refractivity contribution in [1.82, 2.24) is 0 Å². The lowest BCUT2D eigenvalue weighted by Gasteiger charge is -2.51. The molecule has 4 unspecified atom stereocenters. The number of rotatable bonds is 16. The van der Waals surface area contributed by atoms with Crippen LogP contribution in [0.5, 0.6) is 0 Å². The Balaban J connectivity index is 2.49. The molecule has 3 aliphatic rings. The zero-order valence-corrected chi connectivity index (χ0v) is 23.3. The third-order valence-corrected chi connectivity index (χ3v) is 7.42. The topological polar surface area (TPSA) is 105 Å². The molecule has 210 valence electrons. The van der Waals surface area contributed by atoms with Gasteiger partial charge in [0.2, 0.25) is 0 Å². The number of carbonyl (C=O) groups is 4. The molecule has 0 spiro atoms. The number of carbonyl (C=O) groups excluding carboxylic acids is 4. The molecule has 0 saturated heterocycles. The van der Waals surface area contributed by atoms with Crippen molar-refractivity contribution in [2.24, 2.45) is 35.5 Å². The van der Waals surface area contributed by atoms with Gasteiger partial charge in [-0.15, -0.1) is 0 Å². The lowest BCUT2D eigenvalue weighted by molar-refractivity contribution is -0.186. The van der Waals surface area contributed by atoms with E-state index in [0.29, 0.717) is 25.7 Å². The van der Waals surface area contributed by atoms with Crippen molar-refractivity contribution >= 4 is 23.9 Å². The Morgan fingerprint density at radius 1 is 0.568 bits per heavy atom. The Morgan fingerprint density at radius 2 is 0.865 bits per heavy atom. The molecule has 3 rings (SSSR count). The molecule has 0 radical (unpaired) electrons. The van der Waals surface area contributed by atoms with Crippen molar-refractivity contribution in [2.75, 3.05) is 26.4 Å². The summed E-state index contributed by atoms with van der Waals surface area (Å²) in [6.07, 6.45) is 8.04. The Morgan fingerprint density at radius 3 is 1.16 bits per heavy atom. The standard InChI is InChI=1S/C29H46O8/c1-6-10-14-34-26(30)22-20-18-19(5)21(24(22)28(32)36-16-12-8-3)25(29(33)37-17-13-9-4)23(20)27(31)35-15-11-7-2/h18,20-25H,6-17H2,1-5H3. The minimum Gasteiger partial charge on any atom is -0.465 e. The first-order valence-corrected chi connectivity index (χ1v) is 14.2. The zero-order chi connectivity index (χ0) is 27.4. The average Bonchev–Trinajstić information content (AvgIpc) is 2.88. The first kappa shape index (κ1) is 30.8. The van der Waals surface area contributed by atoms with Crippen LogP contribution in [0.1, 0.15) is 86.0 Å². The SMILES string of the molecule is CCCCOC(=O)C1C2C=C(C)C(C1C(=O)OCCCC)C(C(=O)OCCCC)C2C(=O)OCCCC. The number of hydrogen-bond acceptors (Lipinski definition) is 8. The maximum atomic E-state index is 13.4. The third-order valence-electron chi connectivity index (χ3n) is 7.42. The van der Waals surface area contributed by atoms with Gasteiger partial charge < -0.3 is 18.9 Å². The molecule has 0 N–H and O–H groups in total. The molecule has 0 heterocycles. The highest BCUT2D eigenvalue weighted by Gasteiger charge is 2.63. The van der Waals surface area contributed by atoms with E-state index in [0.717, 1.165) is 31.3 Å². The van der Waals surface area contributed by atoms with Gasteiger partial charge in [-0.2, -0.15) is 0 Å². The van der Waals surface area contributed by atoms with Gasteiger partial charge in [-0.05, 0) is 32.6 Å². The summed E-state index contributed by atoms with van der Waals surface area (Å²) in [5.74, 6) is -7.26. The van der Waals surface area contributed by atoms with Gasteiger partial charge in [0, 0.05) is 11.8 Å². The fourth-order valence-electron chi connectivity index (χ4n) is 5.41. The molecule has 3 aliphatic carbocycles. The summed E-state index contributed by atoms with van der Waals surface area (Å²) >= 11 is 0. The van der Waals surface area contributed by atoms with Gasteiger partial charge in [-0.1, -0.05) is 65.0 Å². The van der Waals surface area contributed by atoms with Crippen molar-refractivity contribution in [3.05, 3.63) is 11.6 Å². The summed E-state index contributed by atoms with van der Waals surface area (Å²) in [4.78, 5) is 53.7. The van der Waals surface area contributed by atoms with E-state index in [-0.39, 0.29) is 26.4 Å². The second kappa shape index (κ2) is 15.8. The van der Waals surface area contributed by atoms with Crippen molar-refractivity contribution in [3.63, 3.8) is 0 Å². The lowest BCUT2D eigenvalue weighted by Crippen LogP contribution is -2.59. The van der Waals surface area contributed by atoms with E-state index in [9.17, 15) is 19.2 Å². The van der Waals surface area contributed by atoms with Crippen LogP contribution in [0.25, 0.3) is 0 Å². The van der Waals surface area contributed by atoms with Crippen LogP contribution >= 0.6 is 0 Å². The molecular formula is C29H46O8. The van der Waals surface area contributed by atoms with Crippen LogP contribution in [0.2, 0.25) is 0 Å². The average molecular weight is 523 g/mol. The van der Waals surface area contributed by atoms with E-state index < -0.39 is 59.4 Å². The largest absolute Gasteiger partial charge is 0.465 e. The lowest BCUT2D eigenvalue weighted by atomic mass is 9.51. The minimum absolute atomic E-state index is 0.234. The van der Waals surface area contributed by atoms with E-state index in [1.165, 1.54) is 0 Å². The van der Waals surface area contributed by atoms with E-state index in [1.54, 1.807) is 0 Å². The Kier molecular flexibility index (Phi) is 13.1. The first-order valence-electron chi connectivity index (χ1n) is 14.2. The van der Waals surface area contributed by atoms with Crippen LogP contribution in [0, 0.1) is 35.5 Å². The summed E-state index contributed by atoms with van der Waals surface area (Å²) in [5.41, 5.74) is 0.787. The molecule has 0 aromatic carbocycles. The quantitative estimate of drug-likeness (QED) is 0.120. The monoisotopic (exact) mass is 522 g/mol. The molecule has 37 heavy (non-hydrogen) atoms. The fraction of sp³-hybridized carbons (Fsp3) is 0.793. The smallest absolute Gasteiger partial charge is 0.310 e. The van der Waals surface area contributed by atoms with Crippen molar-refractivity contribution < 1.29 is 38.1 Å². The van der Waals surface area contributed by atoms with Crippen molar-refractivity contribution in [3.8, 4) is 0 Å². The summed E-state index contributed by atoms with van der Waals surface area (Å²) in [6, 6.07) is 0. The maximum Gasteiger partial charge on any atom is 0.310 e. The number of esters is 4. The van der Waals surface area contributed by atoms with Gasteiger partial charge in [0.1, 0.15) is 0 Å². The van der Waals surface area contributed by atoms with Crippen LogP contribution in [0.15, 0.2) is 11.6 Å². The molecule has 1 saturated carbocycles. The van der Waals surface area contributed by atoms with Gasteiger partial charge in [-0.25, -0.2) is 0 Å². The number of ether oxygens (including phenoxy) is 4. The van der Waals surface area contributed by atoms with E-state index >= 15 is 0 Å². The normalized spacial score (nSPS) is 26.2. The van der Waals surface area contributed by atoms with Crippen LogP contribution in [0.3, 0.4) is 0 Å². The molecule has 0 aromatic rings. The second-order valence-electron chi connectivity index (χ2n) is 10.2. The molecule has 4 atom stereocenters. The molecule has 8 heteroatoms. The zero-order valence-electron chi connectivity index (χ0n) is 23.3. The number of hydrogen-bond donors (Lipinski definition) is 0. The summed E-state index contributed by atoms with van der Waals surface area (Å²) < 4.78 is 22.3. The van der Waals surface area contributed by atoms with Gasteiger partial charge in [-0.3, -0.25) is 19.2 Å². The number of unbranched alkanes of at least 4 members (excludes halogenated alkanes) is 4. The fourth-order valence-corrected chi connectivity index (χ4v) is 5.41. The first-order chi connectivity index (χ1) is 17.8. The van der Waals surface area contributed by atoms with Crippen molar-refractivity contribution in [2.45, 2.75) is 86.0 Å². The van der Waals surface area contributed by atoms with Crippen LogP contribution < -0.4 is 0 Å². The number of allylic oxidation sites excluding steroid dienone is 2. The molecule has 0 aliphatic heterocycles. The van der Waals surface area contributed by atoms with Crippen molar-refractivity contribution in [1.29, 1.82) is 0 Å². The highest BCUT2D eigenvalue weighted by Crippen LogP contribution is 2.55. The predicted molar refractivity (Wildman–Crippen MR) is 138 cm³/mol. The van der Waals surface area contributed by atoms with E-state index in [4.69, 9.17) is 18.9 Å². The second-order valence-corrected chi connectivity index (χ2v) is 10.2. The summed E-state index contributed by atoms with van der Waals surface area (Å²) in [7, 11) is 0. The molecule has 0 amide bonds. The van der Waals surface area contributed by atoms with E-state index in [1.807, 2.05) is 40.7 Å². The molecule has 0 aromatic heterocycles. The van der Waals surface area contributed by atoms with E-state index in [2.05, 4.69) is 0 Å². The number of fused-ring (bicyclic) bond motifs is 2. The summed E-state index contributed by atoms with van der Waals surface area (Å²) in [6.45, 7) is 10.8. The Labute approximate surface area is 221 Å². The van der Waals surface area contributed by atoms with Gasteiger partial charge in [0.25, 0.3) is 0 Å². The maximum absolute atomic E-state index is 13.4. The minimum atomic E-state index is -0.928. The van der Waals surface area contributed by atoms with Gasteiger partial charge in [0.05, 0.1) is 50.1 Å². The third kappa shape index (κ3) is 7.81. The van der Waals surface area contributed by atoms with Crippen LogP contribution in [-0.4, -0.2) is 50.3 Å². The predicted octanol–water partition coefficient (Wildman–Crippen LogP) is 5.03. The molecule has 8 nitrogen and oxygen atoms in total. The molecule has 2 bridgehead atoms. The summed E-state index contributed by atoms with van der Waals surface area (Å²) in [5, 5.41) is 0. The van der Waals surface area contributed by atoms with Crippen LogP contribution in [-0.2, 0) is 38.1 Å².